The molecule has 9 heteroatoms. The lowest BCUT2D eigenvalue weighted by Crippen LogP contribution is -2.17. The molecule has 0 saturated heterocycles. The van der Waals surface area contributed by atoms with E-state index in [0.29, 0.717) is 22.7 Å². The molecule has 31 heavy (non-hydrogen) atoms. The molecule has 2 N–H and O–H groups in total. The largest absolute Gasteiger partial charge is 0.495 e. The van der Waals surface area contributed by atoms with Crippen molar-refractivity contribution in [3.05, 3.63) is 78.1 Å². The number of ether oxygens (including phenoxy) is 1. The predicted octanol–water partition coefficient (Wildman–Crippen LogP) is 4.67. The van der Waals surface area contributed by atoms with Gasteiger partial charge in [0.25, 0.3) is 10.0 Å². The number of thioether (sulfide) groups is 1. The normalized spacial score (nSPS) is 11.1. The number of aryl methyl sites for hydroxylation is 1. The number of benzene rings is 3. The van der Waals surface area contributed by atoms with Crippen molar-refractivity contribution in [2.45, 2.75) is 16.7 Å². The second-order valence-corrected chi connectivity index (χ2v) is 9.28. The Morgan fingerprint density at radius 3 is 2.48 bits per heavy atom. The predicted molar refractivity (Wildman–Crippen MR) is 121 cm³/mol. The van der Waals surface area contributed by atoms with Crippen LogP contribution in [-0.2, 0) is 14.8 Å². The maximum Gasteiger partial charge on any atom is 0.262 e. The van der Waals surface area contributed by atoms with Gasteiger partial charge < -0.3 is 10.1 Å². The van der Waals surface area contributed by atoms with Crippen LogP contribution in [0.2, 0.25) is 0 Å². The number of amides is 1. The zero-order valence-corrected chi connectivity index (χ0v) is 18.5. The molecule has 0 bridgehead atoms. The number of nitrogens with one attached hydrogen (secondary N) is 2. The smallest absolute Gasteiger partial charge is 0.262 e. The van der Waals surface area contributed by atoms with Crippen LogP contribution < -0.4 is 14.8 Å². The SMILES string of the molecule is COc1ccccc1NS(=O)(=O)c1cc(NC(=O)CSc2ccc(F)cc2)ccc1C. The van der Waals surface area contributed by atoms with Gasteiger partial charge in [-0.1, -0.05) is 18.2 Å². The maximum atomic E-state index is 13.0. The maximum absolute atomic E-state index is 13.0. The van der Waals surface area contributed by atoms with Crippen LogP contribution in [0.3, 0.4) is 0 Å². The van der Waals surface area contributed by atoms with Gasteiger partial charge in [-0.25, -0.2) is 12.8 Å². The summed E-state index contributed by atoms with van der Waals surface area (Å²) in [6, 6.07) is 17.2. The summed E-state index contributed by atoms with van der Waals surface area (Å²) in [4.78, 5) is 13.1. The van der Waals surface area contributed by atoms with Crippen molar-refractivity contribution in [3.63, 3.8) is 0 Å². The number of halogens is 1. The summed E-state index contributed by atoms with van der Waals surface area (Å²) in [5.41, 5.74) is 1.20. The molecule has 0 aliphatic rings. The van der Waals surface area contributed by atoms with Gasteiger partial charge in [-0.3, -0.25) is 9.52 Å². The van der Waals surface area contributed by atoms with Crippen molar-refractivity contribution in [1.82, 2.24) is 0 Å². The summed E-state index contributed by atoms with van der Waals surface area (Å²) in [7, 11) is -2.46. The van der Waals surface area contributed by atoms with Crippen molar-refractivity contribution in [2.75, 3.05) is 22.9 Å². The van der Waals surface area contributed by atoms with E-state index in [1.165, 1.54) is 37.1 Å². The van der Waals surface area contributed by atoms with Gasteiger partial charge in [0, 0.05) is 10.6 Å². The number of hydrogen-bond donors (Lipinski definition) is 2. The first kappa shape index (κ1) is 22.6. The summed E-state index contributed by atoms with van der Waals surface area (Å²) >= 11 is 1.25. The van der Waals surface area contributed by atoms with Gasteiger partial charge >= 0.3 is 0 Å². The number of anilines is 2. The Labute approximate surface area is 184 Å². The van der Waals surface area contributed by atoms with Crippen LogP contribution in [0.4, 0.5) is 15.8 Å². The van der Waals surface area contributed by atoms with Gasteiger partial charge in [0.05, 0.1) is 23.4 Å². The van der Waals surface area contributed by atoms with Crippen LogP contribution >= 0.6 is 11.8 Å². The van der Waals surface area contributed by atoms with Gasteiger partial charge in [0.1, 0.15) is 11.6 Å². The number of carbonyl (C=O) groups excluding carboxylic acids is 1. The van der Waals surface area contributed by atoms with Crippen molar-refractivity contribution in [1.29, 1.82) is 0 Å². The Kier molecular flexibility index (Phi) is 7.19. The highest BCUT2D eigenvalue weighted by Gasteiger charge is 2.20. The molecule has 0 atom stereocenters. The summed E-state index contributed by atoms with van der Waals surface area (Å²) in [6.45, 7) is 1.67. The zero-order chi connectivity index (χ0) is 22.4. The lowest BCUT2D eigenvalue weighted by Gasteiger charge is -2.14. The summed E-state index contributed by atoms with van der Waals surface area (Å²) in [5.74, 6) is -0.157. The van der Waals surface area contributed by atoms with E-state index < -0.39 is 10.0 Å². The minimum Gasteiger partial charge on any atom is -0.495 e. The Balaban J connectivity index is 1.73. The molecular weight excluding hydrogens is 439 g/mol. The number of hydrogen-bond acceptors (Lipinski definition) is 5. The molecule has 1 amide bonds. The molecule has 0 unspecified atom stereocenters. The Morgan fingerprint density at radius 1 is 1.06 bits per heavy atom. The third-order valence-electron chi connectivity index (χ3n) is 4.30. The van der Waals surface area contributed by atoms with Crippen molar-refractivity contribution < 1.29 is 22.3 Å². The highest BCUT2D eigenvalue weighted by molar-refractivity contribution is 8.00. The van der Waals surface area contributed by atoms with E-state index in [1.807, 2.05) is 0 Å². The van der Waals surface area contributed by atoms with E-state index in [1.54, 1.807) is 55.5 Å². The number of para-hydroxylation sites is 2. The fraction of sp³-hybridized carbons (Fsp3) is 0.136. The molecule has 6 nitrogen and oxygen atoms in total. The standard InChI is InChI=1S/C22H21FN2O4S2/c1-15-7-10-17(24-22(26)14-30-18-11-8-16(23)9-12-18)13-21(15)31(27,28)25-19-5-3-4-6-20(19)29-2/h3-13,25H,14H2,1-2H3,(H,24,26). The first-order chi connectivity index (χ1) is 14.8. The van der Waals surface area contributed by atoms with E-state index in [-0.39, 0.29) is 22.4 Å². The van der Waals surface area contributed by atoms with Crippen LogP contribution in [-0.4, -0.2) is 27.2 Å². The lowest BCUT2D eigenvalue weighted by molar-refractivity contribution is -0.113. The molecule has 0 aliphatic heterocycles. The molecule has 0 radical (unpaired) electrons. The lowest BCUT2D eigenvalue weighted by atomic mass is 10.2. The quantitative estimate of drug-likeness (QED) is 0.477. The van der Waals surface area contributed by atoms with Gasteiger partial charge in [-0.15, -0.1) is 11.8 Å². The Hall–Kier alpha value is -3.04. The summed E-state index contributed by atoms with van der Waals surface area (Å²) in [6.07, 6.45) is 0. The number of sulfonamides is 1. The third-order valence-corrected chi connectivity index (χ3v) is 6.82. The molecule has 0 fully saturated rings. The van der Waals surface area contributed by atoms with Crippen LogP contribution in [0.15, 0.2) is 76.5 Å². The fourth-order valence-electron chi connectivity index (χ4n) is 2.77. The first-order valence-electron chi connectivity index (χ1n) is 9.23. The van der Waals surface area contributed by atoms with Gasteiger partial charge in [0.2, 0.25) is 5.91 Å². The van der Waals surface area contributed by atoms with E-state index in [9.17, 15) is 17.6 Å². The van der Waals surface area contributed by atoms with Crippen LogP contribution in [0, 0.1) is 12.7 Å². The molecule has 0 aromatic heterocycles. The summed E-state index contributed by atoms with van der Waals surface area (Å²) < 4.78 is 46.6. The molecule has 0 saturated carbocycles. The molecular formula is C22H21FN2O4S2. The Morgan fingerprint density at radius 2 is 1.77 bits per heavy atom. The second-order valence-electron chi connectivity index (χ2n) is 6.58. The monoisotopic (exact) mass is 460 g/mol. The second kappa shape index (κ2) is 9.84. The minimum atomic E-state index is -3.92. The first-order valence-corrected chi connectivity index (χ1v) is 11.7. The average molecular weight is 461 g/mol. The fourth-order valence-corrected chi connectivity index (χ4v) is 4.81. The highest BCUT2D eigenvalue weighted by Crippen LogP contribution is 2.28. The van der Waals surface area contributed by atoms with Crippen LogP contribution in [0.25, 0.3) is 0 Å². The van der Waals surface area contributed by atoms with E-state index in [2.05, 4.69) is 10.0 Å². The number of carbonyl (C=O) groups is 1. The van der Waals surface area contributed by atoms with Crippen molar-refractivity contribution >= 4 is 39.1 Å². The molecule has 3 rings (SSSR count). The number of methoxy groups -OCH3 is 1. The van der Waals surface area contributed by atoms with Crippen LogP contribution in [0.5, 0.6) is 5.75 Å². The molecule has 162 valence electrons. The van der Waals surface area contributed by atoms with Crippen molar-refractivity contribution in [3.8, 4) is 5.75 Å². The number of rotatable bonds is 8. The van der Waals surface area contributed by atoms with Crippen LogP contribution in [0.1, 0.15) is 5.56 Å². The van der Waals surface area contributed by atoms with Gasteiger partial charge in [-0.05, 0) is 61.0 Å². The van der Waals surface area contributed by atoms with Gasteiger partial charge in [0.15, 0.2) is 0 Å². The zero-order valence-electron chi connectivity index (χ0n) is 16.9. The molecule has 3 aromatic carbocycles. The summed E-state index contributed by atoms with van der Waals surface area (Å²) in [5, 5.41) is 2.70. The molecule has 0 aliphatic carbocycles. The third kappa shape index (κ3) is 5.99. The molecule has 0 heterocycles. The Bertz CT molecular complexity index is 1180. The van der Waals surface area contributed by atoms with Crippen molar-refractivity contribution in [2.24, 2.45) is 0 Å². The van der Waals surface area contributed by atoms with Gasteiger partial charge in [-0.2, -0.15) is 0 Å². The van der Waals surface area contributed by atoms with E-state index in [0.717, 1.165) is 4.90 Å². The molecule has 3 aromatic rings. The molecule has 0 spiro atoms. The van der Waals surface area contributed by atoms with E-state index in [4.69, 9.17) is 4.74 Å². The highest BCUT2D eigenvalue weighted by atomic mass is 32.2. The minimum absolute atomic E-state index is 0.0439. The van der Waals surface area contributed by atoms with E-state index >= 15 is 0 Å². The average Bonchev–Trinajstić information content (AvgIpc) is 2.74. The topological polar surface area (TPSA) is 84.5 Å².